The molecule has 1 amide bonds. The van der Waals surface area contributed by atoms with Gasteiger partial charge >= 0.3 is 0 Å². The van der Waals surface area contributed by atoms with E-state index in [0.29, 0.717) is 17.6 Å². The largest absolute Gasteiger partial charge is 0.488 e. The maximum absolute atomic E-state index is 12.4. The van der Waals surface area contributed by atoms with Crippen LogP contribution in [-0.2, 0) is 11.4 Å². The predicted molar refractivity (Wildman–Crippen MR) is 113 cm³/mol. The van der Waals surface area contributed by atoms with Gasteiger partial charge < -0.3 is 10.1 Å². The van der Waals surface area contributed by atoms with Crippen LogP contribution in [0.25, 0.3) is 6.08 Å². The van der Waals surface area contributed by atoms with Crippen molar-refractivity contribution in [3.8, 4) is 5.75 Å². The van der Waals surface area contributed by atoms with Crippen molar-refractivity contribution in [1.29, 1.82) is 0 Å². The molecule has 2 heterocycles. The number of nitrogens with zero attached hydrogens (tertiary/aromatic N) is 2. The molecule has 2 aliphatic rings. The van der Waals surface area contributed by atoms with Crippen LogP contribution in [0.1, 0.15) is 43.2 Å². The van der Waals surface area contributed by atoms with Gasteiger partial charge in [0.05, 0.1) is 10.9 Å². The number of carbonyl (C=O) groups excluding carboxylic acids is 1. The molecule has 1 aliphatic carbocycles. The van der Waals surface area contributed by atoms with Crippen molar-refractivity contribution in [3.05, 3.63) is 64.8 Å². The number of rotatable bonds is 5. The molecule has 144 valence electrons. The number of para-hydroxylation sites is 1. The average molecular weight is 394 g/mol. The van der Waals surface area contributed by atoms with Crippen molar-refractivity contribution >= 4 is 28.9 Å². The SMILES string of the molecule is O=C1NC(=NC2CCCCC2)S/C1=C/c1ccccc1OCc1cccnc1. The molecule has 28 heavy (non-hydrogen) atoms. The molecule has 2 aromatic rings. The first-order valence-corrected chi connectivity index (χ1v) is 10.5. The van der Waals surface area contributed by atoms with E-state index >= 15 is 0 Å². The fourth-order valence-corrected chi connectivity index (χ4v) is 4.26. The molecular weight excluding hydrogens is 370 g/mol. The van der Waals surface area contributed by atoms with Gasteiger partial charge in [-0.25, -0.2) is 0 Å². The second-order valence-corrected chi connectivity index (χ2v) is 8.01. The van der Waals surface area contributed by atoms with Crippen LogP contribution in [0, 0.1) is 0 Å². The van der Waals surface area contributed by atoms with Crippen molar-refractivity contribution < 1.29 is 9.53 Å². The highest BCUT2D eigenvalue weighted by molar-refractivity contribution is 8.18. The number of pyridine rings is 1. The van der Waals surface area contributed by atoms with Crippen LogP contribution in [0.15, 0.2) is 58.7 Å². The van der Waals surface area contributed by atoms with Crippen LogP contribution in [0.4, 0.5) is 0 Å². The normalized spacial score (nSPS) is 20.5. The second-order valence-electron chi connectivity index (χ2n) is 6.98. The summed E-state index contributed by atoms with van der Waals surface area (Å²) in [5, 5.41) is 3.62. The van der Waals surface area contributed by atoms with Gasteiger partial charge in [-0.05, 0) is 42.8 Å². The van der Waals surface area contributed by atoms with Gasteiger partial charge in [-0.15, -0.1) is 0 Å². The fourth-order valence-electron chi connectivity index (χ4n) is 3.38. The number of nitrogens with one attached hydrogen (secondary N) is 1. The quantitative estimate of drug-likeness (QED) is 0.757. The minimum atomic E-state index is -0.0957. The van der Waals surface area contributed by atoms with Crippen LogP contribution in [0.5, 0.6) is 5.75 Å². The Morgan fingerprint density at radius 1 is 1.18 bits per heavy atom. The molecule has 1 aliphatic heterocycles. The molecule has 0 atom stereocenters. The lowest BCUT2D eigenvalue weighted by Gasteiger charge is -2.17. The maximum Gasteiger partial charge on any atom is 0.264 e. The number of benzene rings is 1. The Morgan fingerprint density at radius 2 is 2.04 bits per heavy atom. The van der Waals surface area contributed by atoms with Crippen molar-refractivity contribution in [2.75, 3.05) is 0 Å². The van der Waals surface area contributed by atoms with Crippen molar-refractivity contribution in [2.24, 2.45) is 4.99 Å². The molecule has 6 heteroatoms. The van der Waals surface area contributed by atoms with E-state index in [2.05, 4.69) is 10.3 Å². The molecule has 1 saturated heterocycles. The van der Waals surface area contributed by atoms with E-state index in [-0.39, 0.29) is 5.91 Å². The zero-order chi connectivity index (χ0) is 19.2. The van der Waals surface area contributed by atoms with Gasteiger partial charge in [-0.1, -0.05) is 43.5 Å². The van der Waals surface area contributed by atoms with Crippen molar-refractivity contribution in [1.82, 2.24) is 10.3 Å². The van der Waals surface area contributed by atoms with Crippen LogP contribution in [0.3, 0.4) is 0 Å². The molecule has 1 N–H and O–H groups in total. The summed E-state index contributed by atoms with van der Waals surface area (Å²) in [5.41, 5.74) is 1.88. The summed E-state index contributed by atoms with van der Waals surface area (Å²) in [5.74, 6) is 0.645. The Morgan fingerprint density at radius 3 is 2.86 bits per heavy atom. The monoisotopic (exact) mass is 393 g/mol. The van der Waals surface area contributed by atoms with Gasteiger partial charge in [0.15, 0.2) is 5.17 Å². The lowest BCUT2D eigenvalue weighted by molar-refractivity contribution is -0.115. The molecule has 0 spiro atoms. The van der Waals surface area contributed by atoms with Gasteiger partial charge in [-0.2, -0.15) is 0 Å². The summed E-state index contributed by atoms with van der Waals surface area (Å²) in [6, 6.07) is 11.9. The molecule has 4 rings (SSSR count). The third-order valence-electron chi connectivity index (χ3n) is 4.85. The Bertz CT molecular complexity index is 890. The van der Waals surface area contributed by atoms with Crippen molar-refractivity contribution in [2.45, 2.75) is 44.8 Å². The number of carbonyl (C=O) groups is 1. The van der Waals surface area contributed by atoms with Crippen LogP contribution >= 0.6 is 11.8 Å². The van der Waals surface area contributed by atoms with Gasteiger partial charge in [0.2, 0.25) is 0 Å². The number of amides is 1. The first kappa shape index (κ1) is 18.7. The maximum atomic E-state index is 12.4. The zero-order valence-corrected chi connectivity index (χ0v) is 16.5. The number of aliphatic imine (C=N–C) groups is 1. The van der Waals surface area contributed by atoms with Crippen LogP contribution in [-0.4, -0.2) is 22.1 Å². The standard InChI is InChI=1S/C22H23N3O2S/c26-21-20(28-22(25-21)24-18-9-2-1-3-10-18)13-17-8-4-5-11-19(17)27-15-16-7-6-12-23-14-16/h4-8,11-14,18H,1-3,9-10,15H2,(H,24,25,26)/b20-13+. The van der Waals surface area contributed by atoms with E-state index in [0.717, 1.165) is 34.9 Å². The molecular formula is C22H23N3O2S. The van der Waals surface area contributed by atoms with Crippen LogP contribution in [0.2, 0.25) is 0 Å². The number of amidine groups is 1. The zero-order valence-electron chi connectivity index (χ0n) is 15.6. The molecule has 1 aromatic heterocycles. The van der Waals surface area contributed by atoms with Gasteiger partial charge in [0, 0.05) is 23.5 Å². The lowest BCUT2D eigenvalue weighted by atomic mass is 9.96. The summed E-state index contributed by atoms with van der Waals surface area (Å²) in [4.78, 5) is 21.9. The Hall–Kier alpha value is -2.60. The van der Waals surface area contributed by atoms with E-state index in [9.17, 15) is 4.79 Å². The molecule has 0 bridgehead atoms. The summed E-state index contributed by atoms with van der Waals surface area (Å²) in [7, 11) is 0. The number of hydrogen-bond donors (Lipinski definition) is 1. The summed E-state index contributed by atoms with van der Waals surface area (Å²) in [6.07, 6.45) is 11.4. The predicted octanol–water partition coefficient (Wildman–Crippen LogP) is 4.55. The molecule has 5 nitrogen and oxygen atoms in total. The minimum Gasteiger partial charge on any atom is -0.488 e. The number of ether oxygens (including phenoxy) is 1. The summed E-state index contributed by atoms with van der Waals surface area (Å²) in [6.45, 7) is 0.432. The Balaban J connectivity index is 1.47. The minimum absolute atomic E-state index is 0.0957. The Labute approximate surface area is 169 Å². The van der Waals surface area contributed by atoms with E-state index in [1.165, 1.54) is 31.0 Å². The number of hydrogen-bond acceptors (Lipinski definition) is 5. The smallest absolute Gasteiger partial charge is 0.264 e. The lowest BCUT2D eigenvalue weighted by Crippen LogP contribution is -2.22. The summed E-state index contributed by atoms with van der Waals surface area (Å²) >= 11 is 1.42. The van der Waals surface area contributed by atoms with Crippen molar-refractivity contribution in [3.63, 3.8) is 0 Å². The third-order valence-corrected chi connectivity index (χ3v) is 5.77. The first-order chi connectivity index (χ1) is 13.8. The van der Waals surface area contributed by atoms with Gasteiger partial charge in [0.25, 0.3) is 5.91 Å². The highest BCUT2D eigenvalue weighted by Gasteiger charge is 2.25. The van der Waals surface area contributed by atoms with E-state index < -0.39 is 0 Å². The van der Waals surface area contributed by atoms with Crippen LogP contribution < -0.4 is 10.1 Å². The highest BCUT2D eigenvalue weighted by Crippen LogP contribution is 2.31. The van der Waals surface area contributed by atoms with E-state index in [1.807, 2.05) is 42.5 Å². The molecule has 0 unspecified atom stereocenters. The molecule has 0 radical (unpaired) electrons. The molecule has 1 aromatic carbocycles. The topological polar surface area (TPSA) is 63.6 Å². The summed E-state index contributed by atoms with van der Waals surface area (Å²) < 4.78 is 5.96. The number of thioether (sulfide) groups is 1. The first-order valence-electron chi connectivity index (χ1n) is 9.67. The molecule has 2 fully saturated rings. The fraction of sp³-hybridized carbons (Fsp3) is 0.318. The molecule has 1 saturated carbocycles. The second kappa shape index (κ2) is 9.06. The Kier molecular flexibility index (Phi) is 6.07. The van der Waals surface area contributed by atoms with E-state index in [1.54, 1.807) is 12.4 Å². The third kappa shape index (κ3) is 4.81. The van der Waals surface area contributed by atoms with Gasteiger partial charge in [0.1, 0.15) is 12.4 Å². The van der Waals surface area contributed by atoms with E-state index in [4.69, 9.17) is 9.73 Å². The highest BCUT2D eigenvalue weighted by atomic mass is 32.2. The average Bonchev–Trinajstić information content (AvgIpc) is 3.07. The number of aromatic nitrogens is 1. The van der Waals surface area contributed by atoms with Gasteiger partial charge in [-0.3, -0.25) is 14.8 Å².